The third kappa shape index (κ3) is 4.11. The van der Waals surface area contributed by atoms with Gasteiger partial charge in [0.05, 0.1) is 11.0 Å². The highest BCUT2D eigenvalue weighted by atomic mass is 19.4. The van der Waals surface area contributed by atoms with Crippen LogP contribution in [0.3, 0.4) is 0 Å². The van der Waals surface area contributed by atoms with Gasteiger partial charge in [0.15, 0.2) is 0 Å². The van der Waals surface area contributed by atoms with Gasteiger partial charge < -0.3 is 15.2 Å². The Morgan fingerprint density at radius 3 is 2.71 bits per heavy atom. The van der Waals surface area contributed by atoms with Crippen LogP contribution in [0.1, 0.15) is 25.6 Å². The molecule has 1 aliphatic heterocycles. The molecule has 2 N–H and O–H groups in total. The zero-order chi connectivity index (χ0) is 20.5. The molecular weight excluding hydrogens is 375 g/mol. The second-order valence-corrected chi connectivity index (χ2v) is 6.78. The normalized spacial score (nSPS) is 17.8. The number of amides is 2. The number of benzene rings is 1. The number of nitrogens with one attached hydrogen (secondary N) is 2. The minimum absolute atomic E-state index is 0.0811. The van der Waals surface area contributed by atoms with Gasteiger partial charge in [-0.05, 0) is 44.1 Å². The highest BCUT2D eigenvalue weighted by Gasteiger charge is 2.36. The van der Waals surface area contributed by atoms with Crippen molar-refractivity contribution in [3.63, 3.8) is 0 Å². The van der Waals surface area contributed by atoms with Crippen molar-refractivity contribution < 1.29 is 22.8 Å². The number of aromatic nitrogens is 2. The standard InChI is InChI=1S/C18H22F3N5O2/c1-3-26-8-4-5-12(26)10-22-15(27)16(28)23-11-6-7-14-13(9-11)24-17(25(14)2)18(19,20)21/h6-7,9,12H,3-5,8,10H2,1-2H3,(H,22,27)(H,23,28)/t12-/m1/s1. The minimum atomic E-state index is -4.58. The average Bonchev–Trinajstić information content (AvgIpc) is 3.23. The number of likely N-dealkylation sites (tertiary alicyclic amines) is 1. The largest absolute Gasteiger partial charge is 0.449 e. The van der Waals surface area contributed by atoms with E-state index in [0.29, 0.717) is 6.54 Å². The first kappa shape index (κ1) is 20.1. The molecule has 0 radical (unpaired) electrons. The van der Waals surface area contributed by atoms with E-state index < -0.39 is 23.8 Å². The number of halogens is 3. The number of anilines is 1. The summed E-state index contributed by atoms with van der Waals surface area (Å²) >= 11 is 0. The van der Waals surface area contributed by atoms with E-state index >= 15 is 0 Å². The highest BCUT2D eigenvalue weighted by Crippen LogP contribution is 2.31. The molecule has 2 heterocycles. The Labute approximate surface area is 159 Å². The van der Waals surface area contributed by atoms with Crippen LogP contribution in [0, 0.1) is 0 Å². The van der Waals surface area contributed by atoms with Crippen LogP contribution >= 0.6 is 0 Å². The zero-order valence-corrected chi connectivity index (χ0v) is 15.6. The number of hydrogen-bond donors (Lipinski definition) is 2. The molecule has 0 unspecified atom stereocenters. The van der Waals surface area contributed by atoms with Crippen molar-refractivity contribution in [1.29, 1.82) is 0 Å². The molecule has 28 heavy (non-hydrogen) atoms. The highest BCUT2D eigenvalue weighted by molar-refractivity contribution is 6.39. The zero-order valence-electron chi connectivity index (χ0n) is 15.6. The Kier molecular flexibility index (Phi) is 5.59. The summed E-state index contributed by atoms with van der Waals surface area (Å²) in [5.74, 6) is -2.67. The number of carbonyl (C=O) groups is 2. The van der Waals surface area contributed by atoms with Gasteiger partial charge in [0, 0.05) is 25.3 Å². The molecule has 3 rings (SSSR count). The molecule has 1 aromatic heterocycles. The summed E-state index contributed by atoms with van der Waals surface area (Å²) in [5, 5.41) is 5.02. The van der Waals surface area contributed by atoms with Gasteiger partial charge in [0.1, 0.15) is 0 Å². The quantitative estimate of drug-likeness (QED) is 0.775. The molecule has 0 bridgehead atoms. The summed E-state index contributed by atoms with van der Waals surface area (Å²) in [5.41, 5.74) is 0.559. The summed E-state index contributed by atoms with van der Waals surface area (Å²) in [6.07, 6.45) is -2.55. The maximum Gasteiger partial charge on any atom is 0.449 e. The lowest BCUT2D eigenvalue weighted by molar-refractivity contribution is -0.146. The Hall–Kier alpha value is -2.62. The fourth-order valence-corrected chi connectivity index (χ4v) is 3.55. The lowest BCUT2D eigenvalue weighted by Crippen LogP contribution is -2.43. The Morgan fingerprint density at radius 2 is 2.04 bits per heavy atom. The molecule has 1 atom stereocenters. The second-order valence-electron chi connectivity index (χ2n) is 6.78. The second kappa shape index (κ2) is 7.78. The van der Waals surface area contributed by atoms with Gasteiger partial charge in [0.25, 0.3) is 0 Å². The number of likely N-dealkylation sites (N-methyl/N-ethyl adjacent to an activating group) is 1. The van der Waals surface area contributed by atoms with E-state index in [-0.39, 0.29) is 22.8 Å². The smallest absolute Gasteiger partial charge is 0.346 e. The van der Waals surface area contributed by atoms with Crippen LogP contribution in [0.25, 0.3) is 11.0 Å². The summed E-state index contributed by atoms with van der Waals surface area (Å²) in [6.45, 7) is 4.29. The van der Waals surface area contributed by atoms with E-state index in [1.54, 1.807) is 0 Å². The van der Waals surface area contributed by atoms with Crippen molar-refractivity contribution in [2.24, 2.45) is 7.05 Å². The first-order chi connectivity index (χ1) is 13.2. The van der Waals surface area contributed by atoms with Gasteiger partial charge in [-0.1, -0.05) is 6.92 Å². The fraction of sp³-hybridized carbons (Fsp3) is 0.500. The summed E-state index contributed by atoms with van der Waals surface area (Å²) < 4.78 is 39.8. The van der Waals surface area contributed by atoms with Crippen LogP contribution in [0.15, 0.2) is 18.2 Å². The number of fused-ring (bicyclic) bond motifs is 1. The predicted molar refractivity (Wildman–Crippen MR) is 97.6 cm³/mol. The van der Waals surface area contributed by atoms with Crippen molar-refractivity contribution in [3.8, 4) is 0 Å². The van der Waals surface area contributed by atoms with E-state index in [4.69, 9.17) is 0 Å². The van der Waals surface area contributed by atoms with Crippen molar-refractivity contribution in [1.82, 2.24) is 19.8 Å². The van der Waals surface area contributed by atoms with Crippen LogP contribution < -0.4 is 10.6 Å². The molecule has 0 spiro atoms. The first-order valence-corrected chi connectivity index (χ1v) is 9.07. The molecule has 0 saturated carbocycles. The van der Waals surface area contributed by atoms with Crippen LogP contribution in [0.5, 0.6) is 0 Å². The molecular formula is C18H22F3N5O2. The number of nitrogens with zero attached hydrogens (tertiary/aromatic N) is 3. The van der Waals surface area contributed by atoms with E-state index in [1.807, 2.05) is 6.92 Å². The van der Waals surface area contributed by atoms with Crippen molar-refractivity contribution in [2.75, 3.05) is 25.0 Å². The molecule has 10 heteroatoms. The minimum Gasteiger partial charge on any atom is -0.346 e. The van der Waals surface area contributed by atoms with Gasteiger partial charge >= 0.3 is 18.0 Å². The third-order valence-corrected chi connectivity index (χ3v) is 5.00. The SMILES string of the molecule is CCN1CCC[C@@H]1CNC(=O)C(=O)Nc1ccc2c(c1)nc(C(F)(F)F)n2C. The summed E-state index contributed by atoms with van der Waals surface area (Å²) in [7, 11) is 1.27. The first-order valence-electron chi connectivity index (χ1n) is 9.07. The molecule has 152 valence electrons. The van der Waals surface area contributed by atoms with Gasteiger partial charge in [0.2, 0.25) is 5.82 Å². The van der Waals surface area contributed by atoms with Crippen LogP contribution in [0.4, 0.5) is 18.9 Å². The molecule has 2 aromatic rings. The van der Waals surface area contributed by atoms with Crippen LogP contribution in [-0.2, 0) is 22.8 Å². The van der Waals surface area contributed by atoms with E-state index in [1.165, 1.54) is 25.2 Å². The maximum absolute atomic E-state index is 13.0. The van der Waals surface area contributed by atoms with E-state index in [0.717, 1.165) is 30.5 Å². The van der Waals surface area contributed by atoms with E-state index in [9.17, 15) is 22.8 Å². The maximum atomic E-state index is 13.0. The van der Waals surface area contributed by atoms with Crippen LogP contribution in [0.2, 0.25) is 0 Å². The Morgan fingerprint density at radius 1 is 1.29 bits per heavy atom. The average molecular weight is 397 g/mol. The van der Waals surface area contributed by atoms with Crippen molar-refractivity contribution >= 4 is 28.5 Å². The number of aryl methyl sites for hydroxylation is 1. The number of rotatable bonds is 4. The Balaban J connectivity index is 1.65. The van der Waals surface area contributed by atoms with Gasteiger partial charge in [-0.15, -0.1) is 0 Å². The molecule has 0 aliphatic carbocycles. The van der Waals surface area contributed by atoms with Gasteiger partial charge in [-0.25, -0.2) is 4.98 Å². The van der Waals surface area contributed by atoms with Gasteiger partial charge in [-0.2, -0.15) is 13.2 Å². The van der Waals surface area contributed by atoms with Crippen molar-refractivity contribution in [3.05, 3.63) is 24.0 Å². The number of alkyl halides is 3. The van der Waals surface area contributed by atoms with Gasteiger partial charge in [-0.3, -0.25) is 14.5 Å². The molecule has 7 nitrogen and oxygen atoms in total. The lowest BCUT2D eigenvalue weighted by atomic mass is 10.2. The summed E-state index contributed by atoms with van der Waals surface area (Å²) in [6, 6.07) is 4.38. The molecule has 1 aromatic carbocycles. The molecule has 1 saturated heterocycles. The Bertz CT molecular complexity index is 893. The number of hydrogen-bond acceptors (Lipinski definition) is 4. The lowest BCUT2D eigenvalue weighted by Gasteiger charge is -2.22. The monoisotopic (exact) mass is 397 g/mol. The van der Waals surface area contributed by atoms with Crippen LogP contribution in [-0.4, -0.2) is 51.9 Å². The third-order valence-electron chi connectivity index (χ3n) is 5.00. The fourth-order valence-electron chi connectivity index (χ4n) is 3.55. The topological polar surface area (TPSA) is 79.3 Å². The molecule has 1 aliphatic rings. The van der Waals surface area contributed by atoms with Crippen molar-refractivity contribution in [2.45, 2.75) is 32.0 Å². The number of carbonyl (C=O) groups excluding carboxylic acids is 2. The predicted octanol–water partition coefficient (Wildman–Crippen LogP) is 2.13. The summed E-state index contributed by atoms with van der Waals surface area (Å²) in [4.78, 5) is 30.0. The molecule has 1 fully saturated rings. The molecule has 2 amide bonds. The van der Waals surface area contributed by atoms with E-state index in [2.05, 4.69) is 20.5 Å². The number of imidazole rings is 1.